The third-order valence-electron chi connectivity index (χ3n) is 5.70. The first-order valence-corrected chi connectivity index (χ1v) is 11.6. The fourth-order valence-corrected chi connectivity index (χ4v) is 4.35. The second-order valence-corrected chi connectivity index (χ2v) is 9.57. The second kappa shape index (κ2) is 11.2. The molecule has 0 bridgehead atoms. The summed E-state index contributed by atoms with van der Waals surface area (Å²) in [5.74, 6) is 0.320. The van der Waals surface area contributed by atoms with E-state index in [-0.39, 0.29) is 24.3 Å². The molecule has 0 saturated carbocycles. The lowest BCUT2D eigenvalue weighted by atomic mass is 9.91. The van der Waals surface area contributed by atoms with E-state index in [1.807, 2.05) is 13.8 Å². The van der Waals surface area contributed by atoms with Crippen molar-refractivity contribution in [3.8, 4) is 16.9 Å². The number of hydrogen-bond donors (Lipinski definition) is 3. The van der Waals surface area contributed by atoms with Gasteiger partial charge in [0.25, 0.3) is 0 Å². The fraction of sp³-hybridized carbons (Fsp3) is 0.520. The number of rotatable bonds is 9. The minimum absolute atomic E-state index is 0.104. The molecule has 35 heavy (non-hydrogen) atoms. The van der Waals surface area contributed by atoms with Gasteiger partial charge in [-0.3, -0.25) is 0 Å². The molecule has 7 nitrogen and oxygen atoms in total. The second-order valence-electron chi connectivity index (χ2n) is 9.57. The fourth-order valence-electron chi connectivity index (χ4n) is 4.35. The Morgan fingerprint density at radius 2 is 2.00 bits per heavy atom. The van der Waals surface area contributed by atoms with E-state index in [1.54, 1.807) is 31.3 Å². The third-order valence-corrected chi connectivity index (χ3v) is 5.70. The molecule has 192 valence electrons. The lowest BCUT2D eigenvalue weighted by Crippen LogP contribution is -2.50. The van der Waals surface area contributed by atoms with Gasteiger partial charge in [-0.25, -0.2) is 9.78 Å². The molecule has 3 N–H and O–H groups in total. The number of ether oxygens (including phenoxy) is 2. The summed E-state index contributed by atoms with van der Waals surface area (Å²) in [6.07, 6.45) is -2.10. The molecule has 1 unspecified atom stereocenters. The summed E-state index contributed by atoms with van der Waals surface area (Å²) in [6, 6.07) is 7.33. The van der Waals surface area contributed by atoms with E-state index < -0.39 is 23.4 Å². The topological polar surface area (TPSA) is 92.7 Å². The quantitative estimate of drug-likeness (QED) is 0.407. The van der Waals surface area contributed by atoms with Crippen LogP contribution < -0.4 is 15.4 Å². The van der Waals surface area contributed by atoms with E-state index in [9.17, 15) is 18.0 Å². The first-order valence-electron chi connectivity index (χ1n) is 11.6. The average molecular weight is 496 g/mol. The Labute approximate surface area is 203 Å². The molecule has 2 heterocycles. The first-order chi connectivity index (χ1) is 16.4. The van der Waals surface area contributed by atoms with Crippen LogP contribution in [0.15, 0.2) is 36.5 Å². The lowest BCUT2D eigenvalue weighted by molar-refractivity contribution is -0.139. The Kier molecular flexibility index (Phi) is 8.47. The number of anilines is 1. The van der Waals surface area contributed by atoms with Crippen LogP contribution >= 0.6 is 0 Å². The van der Waals surface area contributed by atoms with Gasteiger partial charge in [0.2, 0.25) is 0 Å². The molecule has 2 aromatic rings. The predicted molar refractivity (Wildman–Crippen MR) is 127 cm³/mol. The van der Waals surface area contributed by atoms with Crippen LogP contribution in [0.25, 0.3) is 11.1 Å². The summed E-state index contributed by atoms with van der Waals surface area (Å²) in [6.45, 7) is 6.46. The number of carboxylic acid groups (broad SMARTS) is 1. The molecule has 1 fully saturated rings. The highest BCUT2D eigenvalue weighted by molar-refractivity contribution is 5.68. The van der Waals surface area contributed by atoms with Gasteiger partial charge in [0.15, 0.2) is 0 Å². The van der Waals surface area contributed by atoms with Gasteiger partial charge >= 0.3 is 12.3 Å². The highest BCUT2D eigenvalue weighted by atomic mass is 19.4. The van der Waals surface area contributed by atoms with E-state index in [2.05, 4.69) is 15.6 Å². The molecule has 0 aliphatic carbocycles. The van der Waals surface area contributed by atoms with Crippen molar-refractivity contribution in [2.45, 2.75) is 57.8 Å². The molecular weight excluding hydrogens is 463 g/mol. The lowest BCUT2D eigenvalue weighted by Gasteiger charge is -2.31. The summed E-state index contributed by atoms with van der Waals surface area (Å²) < 4.78 is 52.9. The SMILES string of the molecule is CC(C)C[C@@](C)(COc1ccc(-c2ccnc(NC3CCCOC3)c2)cc1C(F)(F)F)NC(=O)O. The summed E-state index contributed by atoms with van der Waals surface area (Å²) in [5.41, 5.74) is -1.03. The minimum atomic E-state index is -4.66. The molecule has 1 aliphatic rings. The Hall–Kier alpha value is -3.01. The van der Waals surface area contributed by atoms with Crippen molar-refractivity contribution >= 4 is 11.9 Å². The number of halogens is 3. The zero-order valence-electron chi connectivity index (χ0n) is 20.1. The monoisotopic (exact) mass is 495 g/mol. The Morgan fingerprint density at radius 1 is 1.26 bits per heavy atom. The number of carbonyl (C=O) groups is 1. The predicted octanol–water partition coefficient (Wildman–Crippen LogP) is 5.81. The molecular formula is C25H32F3N3O4. The summed E-state index contributed by atoms with van der Waals surface area (Å²) in [4.78, 5) is 15.5. The Balaban J connectivity index is 1.84. The molecule has 2 atom stereocenters. The van der Waals surface area contributed by atoms with Crippen LogP contribution in [0.5, 0.6) is 5.75 Å². The van der Waals surface area contributed by atoms with Crippen LogP contribution in [0.4, 0.5) is 23.8 Å². The van der Waals surface area contributed by atoms with Crippen LogP contribution in [0.3, 0.4) is 0 Å². The first kappa shape index (κ1) is 26.6. The zero-order chi connectivity index (χ0) is 25.6. The maximum atomic E-state index is 13.9. The number of nitrogens with one attached hydrogen (secondary N) is 2. The van der Waals surface area contributed by atoms with E-state index in [0.29, 0.717) is 30.0 Å². The average Bonchev–Trinajstić information content (AvgIpc) is 2.77. The molecule has 1 saturated heterocycles. The Morgan fingerprint density at radius 3 is 2.63 bits per heavy atom. The number of aromatic nitrogens is 1. The van der Waals surface area contributed by atoms with E-state index in [1.165, 1.54) is 6.07 Å². The molecule has 0 radical (unpaired) electrons. The zero-order valence-corrected chi connectivity index (χ0v) is 20.1. The van der Waals surface area contributed by atoms with E-state index in [0.717, 1.165) is 25.5 Å². The van der Waals surface area contributed by atoms with Gasteiger partial charge in [-0.15, -0.1) is 0 Å². The van der Waals surface area contributed by atoms with Gasteiger partial charge in [-0.2, -0.15) is 13.2 Å². The van der Waals surface area contributed by atoms with Crippen molar-refractivity contribution in [2.75, 3.05) is 25.1 Å². The van der Waals surface area contributed by atoms with Crippen LogP contribution in [0.2, 0.25) is 0 Å². The molecule has 1 amide bonds. The number of alkyl halides is 3. The van der Waals surface area contributed by atoms with Crippen molar-refractivity contribution in [1.29, 1.82) is 0 Å². The number of hydrogen-bond acceptors (Lipinski definition) is 5. The molecule has 1 aliphatic heterocycles. The number of pyridine rings is 1. The minimum Gasteiger partial charge on any atom is -0.491 e. The van der Waals surface area contributed by atoms with Crippen LogP contribution in [0.1, 0.15) is 45.6 Å². The van der Waals surface area contributed by atoms with Crippen LogP contribution in [-0.2, 0) is 10.9 Å². The number of benzene rings is 1. The molecule has 1 aromatic carbocycles. The third kappa shape index (κ3) is 7.74. The van der Waals surface area contributed by atoms with Crippen molar-refractivity contribution in [2.24, 2.45) is 5.92 Å². The van der Waals surface area contributed by atoms with Gasteiger partial charge in [-0.1, -0.05) is 19.9 Å². The maximum Gasteiger partial charge on any atom is 0.419 e. The summed E-state index contributed by atoms with van der Waals surface area (Å²) >= 11 is 0. The van der Waals surface area contributed by atoms with Gasteiger partial charge < -0.3 is 25.2 Å². The van der Waals surface area contributed by atoms with Gasteiger partial charge in [0.05, 0.1) is 23.8 Å². The van der Waals surface area contributed by atoms with E-state index >= 15 is 0 Å². The molecule has 0 spiro atoms. The normalized spacial score (nSPS) is 18.1. The van der Waals surface area contributed by atoms with Crippen molar-refractivity contribution in [1.82, 2.24) is 10.3 Å². The van der Waals surface area contributed by atoms with Gasteiger partial charge in [0.1, 0.15) is 18.2 Å². The van der Waals surface area contributed by atoms with Crippen LogP contribution in [0, 0.1) is 5.92 Å². The summed E-state index contributed by atoms with van der Waals surface area (Å²) in [5, 5.41) is 14.8. The van der Waals surface area contributed by atoms with Crippen LogP contribution in [-0.4, -0.2) is 47.6 Å². The highest BCUT2D eigenvalue weighted by Crippen LogP contribution is 2.39. The maximum absolute atomic E-state index is 13.9. The number of nitrogens with zero attached hydrogens (tertiary/aromatic N) is 1. The van der Waals surface area contributed by atoms with E-state index in [4.69, 9.17) is 14.6 Å². The molecule has 1 aromatic heterocycles. The van der Waals surface area contributed by atoms with Gasteiger partial charge in [0, 0.05) is 12.8 Å². The Bertz CT molecular complexity index is 1010. The largest absolute Gasteiger partial charge is 0.491 e. The smallest absolute Gasteiger partial charge is 0.419 e. The molecule has 3 rings (SSSR count). The summed E-state index contributed by atoms with van der Waals surface area (Å²) in [7, 11) is 0. The van der Waals surface area contributed by atoms with Crippen molar-refractivity contribution in [3.05, 3.63) is 42.1 Å². The van der Waals surface area contributed by atoms with Gasteiger partial charge in [-0.05, 0) is 67.5 Å². The number of amides is 1. The molecule has 10 heteroatoms. The highest BCUT2D eigenvalue weighted by Gasteiger charge is 2.36. The van der Waals surface area contributed by atoms with Crippen molar-refractivity contribution in [3.63, 3.8) is 0 Å². The van der Waals surface area contributed by atoms with Crippen molar-refractivity contribution < 1.29 is 32.5 Å². The standard InChI is InChI=1S/C25H32F3N3O4/c1-16(2)13-24(3,31-23(32)33)15-35-21-7-6-17(11-20(21)25(26,27)28)18-8-9-29-22(12-18)30-19-5-4-10-34-14-19/h6-9,11-12,16,19,31H,4-5,10,13-15H2,1-3H3,(H,29,30)(H,32,33)/t19?,24-/m0/s1.